The Kier molecular flexibility index (Phi) is 12.9. The lowest BCUT2D eigenvalue weighted by Crippen LogP contribution is -2.09. The summed E-state index contributed by atoms with van der Waals surface area (Å²) in [5, 5.41) is 0.671. The summed E-state index contributed by atoms with van der Waals surface area (Å²) in [5.41, 5.74) is 0. The molecule has 14 heavy (non-hydrogen) atoms. The van der Waals surface area contributed by atoms with Gasteiger partial charge < -0.3 is 0 Å². The van der Waals surface area contributed by atoms with Crippen molar-refractivity contribution < 1.29 is 0 Å². The van der Waals surface area contributed by atoms with Gasteiger partial charge in [0.15, 0.2) is 0 Å². The molecule has 0 aliphatic rings. The highest BCUT2D eigenvalue weighted by Crippen LogP contribution is 2.20. The lowest BCUT2D eigenvalue weighted by atomic mass is 10.4. The third kappa shape index (κ3) is 9.54. The molecule has 0 aliphatic carbocycles. The summed E-state index contributed by atoms with van der Waals surface area (Å²) in [6.45, 7) is 4.49. The van der Waals surface area contributed by atoms with Crippen molar-refractivity contribution in [2.45, 2.75) is 44.8 Å². The van der Waals surface area contributed by atoms with Crippen LogP contribution < -0.4 is 0 Å². The molecule has 1 atom stereocenters. The summed E-state index contributed by atoms with van der Waals surface area (Å²) in [6, 6.07) is 0. The van der Waals surface area contributed by atoms with Crippen LogP contribution in [-0.2, 0) is 0 Å². The fraction of sp³-hybridized carbons (Fsp3) is 1.00. The molecule has 3 heteroatoms. The standard InChI is InChI=1S/C11H23ClS2/c1-3-5-7-13-10-11(9-12)14-8-6-4-2/h11H,3-10H2,1-2H3. The molecule has 1 unspecified atom stereocenters. The van der Waals surface area contributed by atoms with E-state index in [0.717, 1.165) is 5.88 Å². The van der Waals surface area contributed by atoms with Crippen LogP contribution in [0.3, 0.4) is 0 Å². The molecule has 0 rings (SSSR count). The summed E-state index contributed by atoms with van der Waals surface area (Å²) in [4.78, 5) is 0. The van der Waals surface area contributed by atoms with Crippen LogP contribution in [-0.4, -0.2) is 28.4 Å². The molecule has 86 valence electrons. The van der Waals surface area contributed by atoms with Gasteiger partial charge in [-0.1, -0.05) is 26.7 Å². The first-order valence-electron chi connectivity index (χ1n) is 5.60. The quantitative estimate of drug-likeness (QED) is 0.411. The zero-order valence-corrected chi connectivity index (χ0v) is 11.8. The molecule has 0 radical (unpaired) electrons. The second kappa shape index (κ2) is 12.1. The summed E-state index contributed by atoms with van der Waals surface area (Å²) in [7, 11) is 0. The maximum atomic E-state index is 5.93. The van der Waals surface area contributed by atoms with E-state index in [4.69, 9.17) is 11.6 Å². The Hall–Kier alpha value is 0.990. The normalized spacial score (nSPS) is 13.1. The Balaban J connectivity index is 3.28. The Bertz CT molecular complexity index is 109. The van der Waals surface area contributed by atoms with Crippen molar-refractivity contribution in [2.75, 3.05) is 23.1 Å². The minimum Gasteiger partial charge on any atom is -0.161 e. The number of halogens is 1. The van der Waals surface area contributed by atoms with Crippen molar-refractivity contribution in [1.29, 1.82) is 0 Å². The molecule has 0 saturated heterocycles. The first-order chi connectivity index (χ1) is 6.85. The Morgan fingerprint density at radius 3 is 2.29 bits per heavy atom. The zero-order chi connectivity index (χ0) is 10.6. The predicted molar refractivity (Wildman–Crippen MR) is 74.1 cm³/mol. The highest BCUT2D eigenvalue weighted by molar-refractivity contribution is 8.03. The van der Waals surface area contributed by atoms with Crippen LogP contribution in [0.4, 0.5) is 0 Å². The molecule has 0 heterocycles. The van der Waals surface area contributed by atoms with Crippen LogP contribution in [0, 0.1) is 0 Å². The van der Waals surface area contributed by atoms with Crippen LogP contribution in [0.2, 0.25) is 0 Å². The summed E-state index contributed by atoms with van der Waals surface area (Å²) >= 11 is 10.0. The van der Waals surface area contributed by atoms with Crippen molar-refractivity contribution in [1.82, 2.24) is 0 Å². The minimum absolute atomic E-state index is 0.671. The van der Waals surface area contributed by atoms with Gasteiger partial charge in [0.1, 0.15) is 0 Å². The van der Waals surface area contributed by atoms with Crippen LogP contribution in [0.1, 0.15) is 39.5 Å². The largest absolute Gasteiger partial charge is 0.161 e. The number of unbranched alkanes of at least 4 members (excludes halogenated alkanes) is 2. The highest BCUT2D eigenvalue weighted by Gasteiger charge is 2.06. The lowest BCUT2D eigenvalue weighted by Gasteiger charge is -2.12. The van der Waals surface area contributed by atoms with E-state index in [2.05, 4.69) is 37.4 Å². The first-order valence-corrected chi connectivity index (χ1v) is 8.34. The number of hydrogen-bond donors (Lipinski definition) is 0. The Morgan fingerprint density at radius 1 is 1.07 bits per heavy atom. The molecule has 0 bridgehead atoms. The van der Waals surface area contributed by atoms with Crippen molar-refractivity contribution in [3.8, 4) is 0 Å². The maximum Gasteiger partial charge on any atom is 0.0350 e. The van der Waals surface area contributed by atoms with Gasteiger partial charge in [0.25, 0.3) is 0 Å². The van der Waals surface area contributed by atoms with E-state index >= 15 is 0 Å². The zero-order valence-electron chi connectivity index (χ0n) is 9.43. The van der Waals surface area contributed by atoms with E-state index in [1.807, 2.05) is 0 Å². The molecule has 0 nitrogen and oxygen atoms in total. The SMILES string of the molecule is CCCCSCC(CCl)SCCCC. The molecule has 0 aromatic rings. The smallest absolute Gasteiger partial charge is 0.0350 e. The average molecular weight is 255 g/mol. The molecule has 0 fully saturated rings. The molecule has 0 amide bonds. The number of alkyl halides is 1. The minimum atomic E-state index is 0.671. The van der Waals surface area contributed by atoms with E-state index in [1.54, 1.807) is 0 Å². The number of thioether (sulfide) groups is 2. The first kappa shape index (κ1) is 15.0. The second-order valence-corrected chi connectivity index (χ2v) is 6.30. The van der Waals surface area contributed by atoms with Crippen LogP contribution in [0.15, 0.2) is 0 Å². The maximum absolute atomic E-state index is 5.93. The molecule has 0 aromatic heterocycles. The van der Waals surface area contributed by atoms with Crippen LogP contribution >= 0.6 is 35.1 Å². The van der Waals surface area contributed by atoms with Crippen molar-refractivity contribution >= 4 is 35.1 Å². The lowest BCUT2D eigenvalue weighted by molar-refractivity contribution is 0.891. The predicted octanol–water partition coefficient (Wildman–Crippen LogP) is 4.66. The summed E-state index contributed by atoms with van der Waals surface area (Å²) in [5.74, 6) is 4.63. The molecule has 0 N–H and O–H groups in total. The van der Waals surface area contributed by atoms with Gasteiger partial charge >= 0.3 is 0 Å². The summed E-state index contributed by atoms with van der Waals surface area (Å²) < 4.78 is 0. The van der Waals surface area contributed by atoms with Gasteiger partial charge in [-0.05, 0) is 24.3 Å². The molecule has 0 aliphatic heterocycles. The van der Waals surface area contributed by atoms with Gasteiger partial charge in [-0.3, -0.25) is 0 Å². The average Bonchev–Trinajstić information content (AvgIpc) is 2.22. The van der Waals surface area contributed by atoms with E-state index in [9.17, 15) is 0 Å². The second-order valence-electron chi connectivity index (χ2n) is 3.43. The molecular formula is C11H23ClS2. The van der Waals surface area contributed by atoms with Crippen LogP contribution in [0.5, 0.6) is 0 Å². The van der Waals surface area contributed by atoms with E-state index < -0.39 is 0 Å². The van der Waals surface area contributed by atoms with E-state index in [1.165, 1.54) is 42.9 Å². The Morgan fingerprint density at radius 2 is 1.71 bits per heavy atom. The monoisotopic (exact) mass is 254 g/mol. The van der Waals surface area contributed by atoms with E-state index in [-0.39, 0.29) is 0 Å². The molecule has 0 spiro atoms. The third-order valence-electron chi connectivity index (χ3n) is 1.97. The van der Waals surface area contributed by atoms with Gasteiger partial charge in [-0.25, -0.2) is 0 Å². The highest BCUT2D eigenvalue weighted by atomic mass is 35.5. The van der Waals surface area contributed by atoms with Crippen molar-refractivity contribution in [3.63, 3.8) is 0 Å². The fourth-order valence-electron chi connectivity index (χ4n) is 0.993. The topological polar surface area (TPSA) is 0 Å². The van der Waals surface area contributed by atoms with Crippen LogP contribution in [0.25, 0.3) is 0 Å². The molecule has 0 saturated carbocycles. The van der Waals surface area contributed by atoms with Gasteiger partial charge in [0.2, 0.25) is 0 Å². The van der Waals surface area contributed by atoms with Gasteiger partial charge in [-0.2, -0.15) is 23.5 Å². The fourth-order valence-corrected chi connectivity index (χ4v) is 4.09. The van der Waals surface area contributed by atoms with Gasteiger partial charge in [-0.15, -0.1) is 11.6 Å². The van der Waals surface area contributed by atoms with Crippen molar-refractivity contribution in [2.24, 2.45) is 0 Å². The molecule has 0 aromatic carbocycles. The van der Waals surface area contributed by atoms with Gasteiger partial charge in [0, 0.05) is 16.9 Å². The van der Waals surface area contributed by atoms with E-state index in [0.29, 0.717) is 5.25 Å². The number of rotatable bonds is 10. The van der Waals surface area contributed by atoms with Gasteiger partial charge in [0.05, 0.1) is 0 Å². The Labute approximate surface area is 103 Å². The summed E-state index contributed by atoms with van der Waals surface area (Å²) in [6.07, 6.45) is 5.28. The van der Waals surface area contributed by atoms with Crippen molar-refractivity contribution in [3.05, 3.63) is 0 Å². The third-order valence-corrected chi connectivity index (χ3v) is 5.28. The molecular weight excluding hydrogens is 232 g/mol. The number of hydrogen-bond acceptors (Lipinski definition) is 2.